The smallest absolute Gasteiger partial charge is 0.337 e. The molecule has 0 saturated carbocycles. The summed E-state index contributed by atoms with van der Waals surface area (Å²) in [5, 5.41) is 2.67. The topological polar surface area (TPSA) is 111 Å². The molecule has 8 nitrogen and oxygen atoms in total. The summed E-state index contributed by atoms with van der Waals surface area (Å²) in [6.45, 7) is 0.875. The van der Waals surface area contributed by atoms with E-state index < -0.39 is 21.9 Å². The molecule has 2 aromatic carbocycles. The fraction of sp³-hybridized carbons (Fsp3) is 0.300. The van der Waals surface area contributed by atoms with Gasteiger partial charge >= 0.3 is 5.97 Å². The van der Waals surface area contributed by atoms with Crippen LogP contribution in [0.3, 0.4) is 0 Å². The number of carbonyl (C=O) groups excluding carboxylic acids is 2. The minimum absolute atomic E-state index is 0.0692. The van der Waals surface area contributed by atoms with Crippen molar-refractivity contribution in [2.45, 2.75) is 23.8 Å². The Labute approximate surface area is 169 Å². The van der Waals surface area contributed by atoms with Crippen LogP contribution in [0.25, 0.3) is 0 Å². The van der Waals surface area contributed by atoms with Crippen molar-refractivity contribution in [3.63, 3.8) is 0 Å². The number of rotatable bonds is 7. The van der Waals surface area contributed by atoms with Crippen molar-refractivity contribution in [2.24, 2.45) is 0 Å². The Bertz CT molecular complexity index is 982. The number of ether oxygens (including phenoxy) is 2. The van der Waals surface area contributed by atoms with Crippen molar-refractivity contribution in [3.05, 3.63) is 59.7 Å². The molecule has 1 amide bonds. The average molecular weight is 418 g/mol. The quantitative estimate of drug-likeness (QED) is 0.667. The standard InChI is InChI=1S/C20H22N2O6S/c1-27-20(24)15-4-2-5-16(12-15)22-19(23)14-7-9-18(10-8-14)29(25,26)21-13-17-6-3-11-28-17/h2,4-5,7-10,12,17,21H,3,6,11,13H2,1H3,(H,22,23). The van der Waals surface area contributed by atoms with Crippen LogP contribution in [0.1, 0.15) is 33.6 Å². The Balaban J connectivity index is 1.64. The Kier molecular flexibility index (Phi) is 6.63. The molecule has 0 aliphatic carbocycles. The summed E-state index contributed by atoms with van der Waals surface area (Å²) in [6, 6.07) is 11.9. The second-order valence-corrected chi connectivity index (χ2v) is 8.30. The molecular weight excluding hydrogens is 396 g/mol. The number of benzene rings is 2. The van der Waals surface area contributed by atoms with Crippen LogP contribution in [0, 0.1) is 0 Å². The van der Waals surface area contributed by atoms with Gasteiger partial charge in [-0.05, 0) is 55.3 Å². The minimum atomic E-state index is -3.68. The lowest BCUT2D eigenvalue weighted by Crippen LogP contribution is -2.31. The molecule has 1 heterocycles. The van der Waals surface area contributed by atoms with E-state index in [-0.39, 0.29) is 23.1 Å². The predicted octanol–water partition coefficient (Wildman–Crippen LogP) is 2.18. The van der Waals surface area contributed by atoms with Crippen LogP contribution in [0.4, 0.5) is 5.69 Å². The van der Waals surface area contributed by atoms with E-state index in [2.05, 4.69) is 14.8 Å². The lowest BCUT2D eigenvalue weighted by Gasteiger charge is -2.12. The molecule has 1 unspecified atom stereocenters. The summed E-state index contributed by atoms with van der Waals surface area (Å²) in [5.41, 5.74) is 1.02. The first-order chi connectivity index (χ1) is 13.9. The summed E-state index contributed by atoms with van der Waals surface area (Å²) in [5.74, 6) is -0.936. The molecule has 1 saturated heterocycles. The van der Waals surface area contributed by atoms with Crippen LogP contribution < -0.4 is 10.0 Å². The second kappa shape index (κ2) is 9.17. The molecule has 29 heavy (non-hydrogen) atoms. The average Bonchev–Trinajstić information content (AvgIpc) is 3.26. The van der Waals surface area contributed by atoms with Crippen molar-refractivity contribution in [1.82, 2.24) is 4.72 Å². The maximum absolute atomic E-state index is 12.4. The van der Waals surface area contributed by atoms with Crippen molar-refractivity contribution in [2.75, 3.05) is 25.6 Å². The largest absolute Gasteiger partial charge is 0.465 e. The summed E-state index contributed by atoms with van der Waals surface area (Å²) in [6.07, 6.45) is 1.66. The molecule has 9 heteroatoms. The normalized spacial score (nSPS) is 16.4. The van der Waals surface area contributed by atoms with Gasteiger partial charge in [-0.15, -0.1) is 0 Å². The van der Waals surface area contributed by atoms with Gasteiger partial charge in [-0.25, -0.2) is 17.9 Å². The van der Waals surface area contributed by atoms with Crippen LogP contribution in [-0.2, 0) is 19.5 Å². The number of carbonyl (C=O) groups is 2. The van der Waals surface area contributed by atoms with E-state index in [9.17, 15) is 18.0 Å². The molecule has 2 N–H and O–H groups in total. The first kappa shape index (κ1) is 21.0. The van der Waals surface area contributed by atoms with E-state index in [4.69, 9.17) is 4.74 Å². The third-order valence-corrected chi connectivity index (χ3v) is 5.93. The first-order valence-electron chi connectivity index (χ1n) is 9.10. The number of hydrogen-bond donors (Lipinski definition) is 2. The second-order valence-electron chi connectivity index (χ2n) is 6.54. The fourth-order valence-electron chi connectivity index (χ4n) is 2.92. The zero-order valence-electron chi connectivity index (χ0n) is 15.9. The van der Waals surface area contributed by atoms with Gasteiger partial charge in [0.25, 0.3) is 5.91 Å². The number of amides is 1. The third-order valence-electron chi connectivity index (χ3n) is 4.49. The fourth-order valence-corrected chi connectivity index (χ4v) is 3.99. The van der Waals surface area contributed by atoms with E-state index in [1.165, 1.54) is 37.4 Å². The minimum Gasteiger partial charge on any atom is -0.465 e. The van der Waals surface area contributed by atoms with Gasteiger partial charge in [0.15, 0.2) is 0 Å². The van der Waals surface area contributed by atoms with Gasteiger partial charge in [0.1, 0.15) is 0 Å². The van der Waals surface area contributed by atoms with Gasteiger partial charge in [-0.1, -0.05) is 6.07 Å². The van der Waals surface area contributed by atoms with Crippen LogP contribution in [0.2, 0.25) is 0 Å². The maximum atomic E-state index is 12.4. The van der Waals surface area contributed by atoms with Crippen molar-refractivity contribution >= 4 is 27.6 Å². The van der Waals surface area contributed by atoms with Crippen molar-refractivity contribution in [1.29, 1.82) is 0 Å². The first-order valence-corrected chi connectivity index (χ1v) is 10.6. The zero-order chi connectivity index (χ0) is 20.9. The molecule has 1 fully saturated rings. The van der Waals surface area contributed by atoms with E-state index in [1.807, 2.05) is 0 Å². The molecule has 0 spiro atoms. The SMILES string of the molecule is COC(=O)c1cccc(NC(=O)c2ccc(S(=O)(=O)NCC3CCCO3)cc2)c1. The Morgan fingerprint density at radius 3 is 2.55 bits per heavy atom. The van der Waals surface area contributed by atoms with Crippen LogP contribution in [-0.4, -0.2) is 46.7 Å². The summed E-state index contributed by atoms with van der Waals surface area (Å²) in [4.78, 5) is 24.1. The molecule has 2 aromatic rings. The van der Waals surface area contributed by atoms with Crippen molar-refractivity contribution in [3.8, 4) is 0 Å². The molecule has 0 bridgehead atoms. The molecule has 154 valence electrons. The van der Waals surface area contributed by atoms with E-state index in [0.717, 1.165) is 12.8 Å². The predicted molar refractivity (Wildman–Crippen MR) is 106 cm³/mol. The highest BCUT2D eigenvalue weighted by atomic mass is 32.2. The zero-order valence-corrected chi connectivity index (χ0v) is 16.7. The lowest BCUT2D eigenvalue weighted by atomic mass is 10.1. The van der Waals surface area contributed by atoms with Gasteiger partial charge in [0.2, 0.25) is 10.0 Å². The van der Waals surface area contributed by atoms with Gasteiger partial charge in [-0.2, -0.15) is 0 Å². The Hall–Kier alpha value is -2.75. The highest BCUT2D eigenvalue weighted by Crippen LogP contribution is 2.16. The molecule has 1 atom stereocenters. The number of hydrogen-bond acceptors (Lipinski definition) is 6. The highest BCUT2D eigenvalue weighted by Gasteiger charge is 2.20. The van der Waals surface area contributed by atoms with E-state index in [0.29, 0.717) is 17.9 Å². The molecule has 1 aliphatic heterocycles. The Morgan fingerprint density at radius 1 is 1.14 bits per heavy atom. The molecule has 3 rings (SSSR count). The van der Waals surface area contributed by atoms with E-state index in [1.54, 1.807) is 18.2 Å². The number of esters is 1. The monoisotopic (exact) mass is 418 g/mol. The van der Waals surface area contributed by atoms with Crippen molar-refractivity contribution < 1.29 is 27.5 Å². The molecule has 1 aliphatic rings. The lowest BCUT2D eigenvalue weighted by molar-refractivity contribution is 0.0600. The highest BCUT2D eigenvalue weighted by molar-refractivity contribution is 7.89. The molecule has 0 aromatic heterocycles. The number of nitrogens with one attached hydrogen (secondary N) is 2. The molecule has 0 radical (unpaired) electrons. The summed E-state index contributed by atoms with van der Waals surface area (Å²) in [7, 11) is -2.40. The van der Waals surface area contributed by atoms with Gasteiger partial charge in [0.05, 0.1) is 23.7 Å². The van der Waals surface area contributed by atoms with E-state index >= 15 is 0 Å². The van der Waals surface area contributed by atoms with Crippen LogP contribution in [0.5, 0.6) is 0 Å². The summed E-state index contributed by atoms with van der Waals surface area (Å²) < 4.78 is 37.4. The van der Waals surface area contributed by atoms with Crippen LogP contribution in [0.15, 0.2) is 53.4 Å². The van der Waals surface area contributed by atoms with Crippen LogP contribution >= 0.6 is 0 Å². The number of anilines is 1. The molecular formula is C20H22N2O6S. The third kappa shape index (κ3) is 5.41. The van der Waals surface area contributed by atoms with Gasteiger partial charge < -0.3 is 14.8 Å². The van der Waals surface area contributed by atoms with Gasteiger partial charge in [0, 0.05) is 24.4 Å². The number of methoxy groups -OCH3 is 1. The summed E-state index contributed by atoms with van der Waals surface area (Å²) >= 11 is 0. The number of sulfonamides is 1. The maximum Gasteiger partial charge on any atom is 0.337 e. The van der Waals surface area contributed by atoms with Gasteiger partial charge in [-0.3, -0.25) is 4.79 Å². The Morgan fingerprint density at radius 2 is 1.90 bits per heavy atom.